The molecule has 322 valence electrons. The molecule has 0 radical (unpaired) electrons. The Kier molecular flexibility index (Phi) is 36.6. The number of hydrogen-bond acceptors (Lipinski definition) is 8. The number of phosphoric acid groups is 1. The second kappa shape index (κ2) is 37.8. The summed E-state index contributed by atoms with van der Waals surface area (Å²) in [5.41, 5.74) is 0. The molecule has 1 unspecified atom stereocenters. The third-order valence-corrected chi connectivity index (χ3v) is 10.4. The fourth-order valence-corrected chi connectivity index (χ4v) is 6.62. The van der Waals surface area contributed by atoms with E-state index in [4.69, 9.17) is 18.5 Å². The first-order valence-electron chi connectivity index (χ1n) is 22.2. The van der Waals surface area contributed by atoms with Crippen LogP contribution in [-0.2, 0) is 32.7 Å². The molecule has 2 atom stereocenters. The Balaban J connectivity index is 4.40. The van der Waals surface area contributed by atoms with Crippen LogP contribution in [0.3, 0.4) is 0 Å². The number of allylic oxidation sites excluding steroid dienone is 6. The molecule has 0 amide bonds. The van der Waals surface area contributed by atoms with Crippen LogP contribution in [0.5, 0.6) is 0 Å². The summed E-state index contributed by atoms with van der Waals surface area (Å²) in [5.74, 6) is -0.875. The second-order valence-electron chi connectivity index (χ2n) is 16.1. The van der Waals surface area contributed by atoms with Gasteiger partial charge in [-0.1, -0.05) is 159 Å². The molecular weight excluding hydrogens is 713 g/mol. The van der Waals surface area contributed by atoms with Gasteiger partial charge in [0.2, 0.25) is 0 Å². The van der Waals surface area contributed by atoms with Crippen LogP contribution < -0.4 is 4.89 Å². The highest BCUT2D eigenvalue weighted by Gasteiger charge is 2.21. The van der Waals surface area contributed by atoms with E-state index in [1.54, 1.807) is 0 Å². The van der Waals surface area contributed by atoms with E-state index in [9.17, 15) is 19.0 Å². The summed E-state index contributed by atoms with van der Waals surface area (Å²) in [6, 6.07) is 0. The van der Waals surface area contributed by atoms with Crippen molar-refractivity contribution in [1.82, 2.24) is 0 Å². The lowest BCUT2D eigenvalue weighted by Crippen LogP contribution is -2.37. The van der Waals surface area contributed by atoms with Crippen molar-refractivity contribution in [3.8, 4) is 0 Å². The molecule has 0 saturated carbocycles. The van der Waals surface area contributed by atoms with Gasteiger partial charge in [-0.15, -0.1) is 0 Å². The van der Waals surface area contributed by atoms with Crippen molar-refractivity contribution in [2.24, 2.45) is 0 Å². The molecular formula is C45H84NO8P. The molecule has 0 aliphatic carbocycles. The zero-order valence-electron chi connectivity index (χ0n) is 36.1. The van der Waals surface area contributed by atoms with Crippen molar-refractivity contribution in [2.75, 3.05) is 47.5 Å². The number of phosphoric ester groups is 1. The number of unbranched alkanes of at least 4 members (excludes halogenated alkanes) is 20. The van der Waals surface area contributed by atoms with Gasteiger partial charge in [0.1, 0.15) is 19.8 Å². The number of hydrogen-bond donors (Lipinski definition) is 0. The molecule has 0 bridgehead atoms. The first-order valence-corrected chi connectivity index (χ1v) is 23.7. The third-order valence-electron chi connectivity index (χ3n) is 9.41. The first kappa shape index (κ1) is 53.2. The van der Waals surface area contributed by atoms with Gasteiger partial charge in [-0.2, -0.15) is 0 Å². The van der Waals surface area contributed by atoms with Crippen LogP contribution in [0.25, 0.3) is 0 Å². The Labute approximate surface area is 338 Å². The van der Waals surface area contributed by atoms with E-state index in [2.05, 4.69) is 50.3 Å². The monoisotopic (exact) mass is 798 g/mol. The summed E-state index contributed by atoms with van der Waals surface area (Å²) < 4.78 is 33.9. The molecule has 0 heterocycles. The van der Waals surface area contributed by atoms with Crippen LogP contribution in [0.15, 0.2) is 36.5 Å². The maximum atomic E-state index is 12.7. The van der Waals surface area contributed by atoms with Crippen molar-refractivity contribution in [2.45, 2.75) is 193 Å². The summed E-state index contributed by atoms with van der Waals surface area (Å²) in [6.07, 6.45) is 41.7. The van der Waals surface area contributed by atoms with Crippen molar-refractivity contribution < 1.29 is 42.1 Å². The first-order chi connectivity index (χ1) is 26.5. The second-order valence-corrected chi connectivity index (χ2v) is 17.5. The van der Waals surface area contributed by atoms with Crippen LogP contribution in [0.1, 0.15) is 187 Å². The zero-order chi connectivity index (χ0) is 40.7. The third kappa shape index (κ3) is 41.7. The molecule has 0 aromatic carbocycles. The van der Waals surface area contributed by atoms with E-state index in [1.807, 2.05) is 21.1 Å². The van der Waals surface area contributed by atoms with E-state index in [-0.39, 0.29) is 26.1 Å². The Bertz CT molecular complexity index is 1040. The molecule has 0 aliphatic rings. The number of ether oxygens (including phenoxy) is 2. The van der Waals surface area contributed by atoms with Gasteiger partial charge in [0.15, 0.2) is 6.10 Å². The minimum absolute atomic E-state index is 0.0360. The predicted octanol–water partition coefficient (Wildman–Crippen LogP) is 11.9. The molecule has 0 rings (SSSR count). The van der Waals surface area contributed by atoms with Gasteiger partial charge in [0.25, 0.3) is 7.82 Å². The van der Waals surface area contributed by atoms with Crippen molar-refractivity contribution in [3.63, 3.8) is 0 Å². The predicted molar refractivity (Wildman–Crippen MR) is 227 cm³/mol. The van der Waals surface area contributed by atoms with Crippen LogP contribution in [0.2, 0.25) is 0 Å². The van der Waals surface area contributed by atoms with Gasteiger partial charge >= 0.3 is 11.9 Å². The highest BCUT2D eigenvalue weighted by molar-refractivity contribution is 7.45. The van der Waals surface area contributed by atoms with E-state index in [1.165, 1.54) is 96.3 Å². The fraction of sp³-hybridized carbons (Fsp3) is 0.822. The highest BCUT2D eigenvalue weighted by Crippen LogP contribution is 2.38. The fourth-order valence-electron chi connectivity index (χ4n) is 5.90. The number of likely N-dealkylation sites (N-methyl/N-ethyl adjacent to an activating group) is 1. The van der Waals surface area contributed by atoms with Gasteiger partial charge in [-0.3, -0.25) is 14.2 Å². The molecule has 0 N–H and O–H groups in total. The van der Waals surface area contributed by atoms with Crippen molar-refractivity contribution in [1.29, 1.82) is 0 Å². The number of esters is 2. The normalized spacial score (nSPS) is 13.9. The number of carbonyl (C=O) groups excluding carboxylic acids is 2. The Hall–Kier alpha value is -1.77. The molecule has 10 heteroatoms. The van der Waals surface area contributed by atoms with Gasteiger partial charge in [-0.05, 0) is 51.4 Å². The summed E-state index contributed by atoms with van der Waals surface area (Å²) in [5, 5.41) is 0. The van der Waals surface area contributed by atoms with Gasteiger partial charge < -0.3 is 27.9 Å². The Morgan fingerprint density at radius 3 is 1.49 bits per heavy atom. The molecule has 55 heavy (non-hydrogen) atoms. The molecule has 0 aromatic heterocycles. The topological polar surface area (TPSA) is 111 Å². The number of quaternary nitrogens is 1. The van der Waals surface area contributed by atoms with Crippen molar-refractivity contribution in [3.05, 3.63) is 36.5 Å². The maximum Gasteiger partial charge on any atom is 0.306 e. The Morgan fingerprint density at radius 1 is 0.564 bits per heavy atom. The Morgan fingerprint density at radius 2 is 0.982 bits per heavy atom. The van der Waals surface area contributed by atoms with E-state index in [0.717, 1.165) is 51.4 Å². The van der Waals surface area contributed by atoms with Crippen LogP contribution in [-0.4, -0.2) is 70.0 Å². The van der Waals surface area contributed by atoms with Gasteiger partial charge in [-0.25, -0.2) is 0 Å². The standard InChI is InChI=1S/C45H84NO8P/c1-6-8-10-12-14-16-18-20-22-24-26-28-30-32-34-36-38-45(48)54-43(42-53-55(49,50)52-40-39-46(3,4)5)41-51-44(47)37-35-33-31-29-27-25-23-21-19-17-15-13-11-9-7-2/h15,17,21,23,27,29,43H,6-14,16,18-20,22,24-26,28,30-42H2,1-5H3/b17-15-,23-21-,29-27-/t43-/m1/s1. The van der Waals surface area contributed by atoms with Crippen LogP contribution >= 0.6 is 7.82 Å². The zero-order valence-corrected chi connectivity index (χ0v) is 37.0. The molecule has 0 aliphatic heterocycles. The lowest BCUT2D eigenvalue weighted by molar-refractivity contribution is -0.870. The number of rotatable bonds is 40. The van der Waals surface area contributed by atoms with Gasteiger partial charge in [0, 0.05) is 12.8 Å². The summed E-state index contributed by atoms with van der Waals surface area (Å²) >= 11 is 0. The lowest BCUT2D eigenvalue weighted by atomic mass is 10.0. The minimum Gasteiger partial charge on any atom is -0.756 e. The average Bonchev–Trinajstić information content (AvgIpc) is 3.13. The molecule has 9 nitrogen and oxygen atoms in total. The molecule has 0 aromatic rings. The lowest BCUT2D eigenvalue weighted by Gasteiger charge is -2.28. The highest BCUT2D eigenvalue weighted by atomic mass is 31.2. The SMILES string of the molecule is CCCCC/C=C\C/C=C\C/C=C\CCCCC(=O)OC[C@H](COP(=O)([O-])OCC[N+](C)(C)C)OC(=O)CCCCCCCCCCCCCCCCCC. The molecule has 0 spiro atoms. The summed E-state index contributed by atoms with van der Waals surface area (Å²) in [7, 11) is 1.15. The summed E-state index contributed by atoms with van der Waals surface area (Å²) in [6.45, 7) is 4.16. The smallest absolute Gasteiger partial charge is 0.306 e. The minimum atomic E-state index is -4.63. The largest absolute Gasteiger partial charge is 0.756 e. The molecule has 0 saturated heterocycles. The van der Waals surface area contributed by atoms with Crippen LogP contribution in [0, 0.1) is 0 Å². The van der Waals surface area contributed by atoms with E-state index < -0.39 is 32.5 Å². The van der Waals surface area contributed by atoms with Crippen molar-refractivity contribution >= 4 is 19.8 Å². The summed E-state index contributed by atoms with van der Waals surface area (Å²) in [4.78, 5) is 37.5. The number of nitrogens with zero attached hydrogens (tertiary/aromatic N) is 1. The van der Waals surface area contributed by atoms with E-state index in [0.29, 0.717) is 23.9 Å². The quantitative estimate of drug-likeness (QED) is 0.0198. The molecule has 0 fully saturated rings. The van der Waals surface area contributed by atoms with Crippen LogP contribution in [0.4, 0.5) is 0 Å². The average molecular weight is 798 g/mol. The van der Waals surface area contributed by atoms with Gasteiger partial charge in [0.05, 0.1) is 27.7 Å². The maximum absolute atomic E-state index is 12.7. The van der Waals surface area contributed by atoms with E-state index >= 15 is 0 Å². The number of carbonyl (C=O) groups is 2.